The summed E-state index contributed by atoms with van der Waals surface area (Å²) in [5.41, 5.74) is 6.64. The highest BCUT2D eigenvalue weighted by molar-refractivity contribution is 6.34. The van der Waals surface area contributed by atoms with Crippen LogP contribution in [0, 0.1) is 0 Å². The van der Waals surface area contributed by atoms with Crippen LogP contribution >= 0.6 is 11.6 Å². The van der Waals surface area contributed by atoms with Crippen LogP contribution in [0.4, 0.5) is 5.69 Å². The summed E-state index contributed by atoms with van der Waals surface area (Å²) in [5.74, 6) is -0.142. The minimum absolute atomic E-state index is 0.142. The van der Waals surface area contributed by atoms with Gasteiger partial charge in [0.15, 0.2) is 0 Å². The van der Waals surface area contributed by atoms with Crippen molar-refractivity contribution >= 4 is 23.2 Å². The molecule has 0 unspecified atom stereocenters. The number of amides is 1. The van der Waals surface area contributed by atoms with Crippen LogP contribution < -0.4 is 11.1 Å². The van der Waals surface area contributed by atoms with E-state index in [4.69, 9.17) is 17.3 Å². The highest BCUT2D eigenvalue weighted by Crippen LogP contribution is 2.25. The fourth-order valence-corrected chi connectivity index (χ4v) is 2.44. The lowest BCUT2D eigenvalue weighted by molar-refractivity contribution is 0.0948. The summed E-state index contributed by atoms with van der Waals surface area (Å²) in [6, 6.07) is 5.66. The Hall–Kier alpha value is -1.26. The third kappa shape index (κ3) is 3.85. The van der Waals surface area contributed by atoms with Gasteiger partial charge in [-0.15, -0.1) is 0 Å². The Morgan fingerprint density at radius 2 is 2.26 bits per heavy atom. The number of rotatable bonds is 6. The smallest absolute Gasteiger partial charge is 0.252 e. The van der Waals surface area contributed by atoms with Crippen LogP contribution in [-0.4, -0.2) is 36.5 Å². The lowest BCUT2D eigenvalue weighted by Gasteiger charge is -2.19. The maximum Gasteiger partial charge on any atom is 0.252 e. The molecule has 19 heavy (non-hydrogen) atoms. The number of carbonyl (C=O) groups excluding carboxylic acids is 1. The Morgan fingerprint density at radius 3 is 2.84 bits per heavy atom. The van der Waals surface area contributed by atoms with Gasteiger partial charge >= 0.3 is 0 Å². The van der Waals surface area contributed by atoms with Crippen molar-refractivity contribution in [3.63, 3.8) is 0 Å². The molecule has 1 aromatic carbocycles. The first-order valence-electron chi connectivity index (χ1n) is 6.69. The molecule has 2 rings (SSSR count). The van der Waals surface area contributed by atoms with E-state index in [1.165, 1.54) is 12.8 Å². The van der Waals surface area contributed by atoms with E-state index in [0.29, 0.717) is 22.8 Å². The molecule has 0 aliphatic heterocycles. The van der Waals surface area contributed by atoms with E-state index in [1.54, 1.807) is 18.2 Å². The second kappa shape index (κ2) is 6.26. The SMILES string of the molecule is CCN(CCNC(=O)c1ccc(N)cc1Cl)C1CC1. The molecule has 1 amide bonds. The van der Waals surface area contributed by atoms with Crippen molar-refractivity contribution < 1.29 is 4.79 Å². The molecule has 104 valence electrons. The van der Waals surface area contributed by atoms with Crippen LogP contribution in [-0.2, 0) is 0 Å². The van der Waals surface area contributed by atoms with Crippen LogP contribution in [0.1, 0.15) is 30.1 Å². The van der Waals surface area contributed by atoms with Gasteiger partial charge in [0.25, 0.3) is 5.91 Å². The molecule has 1 aliphatic carbocycles. The van der Waals surface area contributed by atoms with E-state index < -0.39 is 0 Å². The average Bonchev–Trinajstić information content (AvgIpc) is 3.18. The molecule has 4 nitrogen and oxygen atoms in total. The zero-order valence-electron chi connectivity index (χ0n) is 11.2. The monoisotopic (exact) mass is 281 g/mol. The summed E-state index contributed by atoms with van der Waals surface area (Å²) in [6.07, 6.45) is 2.57. The molecule has 1 saturated carbocycles. The minimum atomic E-state index is -0.142. The fourth-order valence-electron chi connectivity index (χ4n) is 2.16. The van der Waals surface area contributed by atoms with Gasteiger partial charge in [0, 0.05) is 24.8 Å². The molecule has 0 aromatic heterocycles. The minimum Gasteiger partial charge on any atom is -0.399 e. The summed E-state index contributed by atoms with van der Waals surface area (Å²) in [6.45, 7) is 4.71. The maximum absolute atomic E-state index is 12.0. The van der Waals surface area contributed by atoms with E-state index in [2.05, 4.69) is 17.1 Å². The van der Waals surface area contributed by atoms with Crippen LogP contribution in [0.5, 0.6) is 0 Å². The Labute approximate surface area is 118 Å². The third-order valence-electron chi connectivity index (χ3n) is 3.39. The second-order valence-electron chi connectivity index (χ2n) is 4.85. The molecule has 1 fully saturated rings. The van der Waals surface area contributed by atoms with Crippen molar-refractivity contribution in [2.75, 3.05) is 25.4 Å². The number of anilines is 1. The van der Waals surface area contributed by atoms with E-state index in [-0.39, 0.29) is 5.91 Å². The summed E-state index contributed by atoms with van der Waals surface area (Å²) in [7, 11) is 0. The van der Waals surface area contributed by atoms with E-state index in [1.807, 2.05) is 0 Å². The first-order valence-corrected chi connectivity index (χ1v) is 7.07. The largest absolute Gasteiger partial charge is 0.399 e. The molecule has 3 N–H and O–H groups in total. The van der Waals surface area contributed by atoms with Gasteiger partial charge in [0.1, 0.15) is 0 Å². The van der Waals surface area contributed by atoms with E-state index in [0.717, 1.165) is 19.1 Å². The summed E-state index contributed by atoms with van der Waals surface area (Å²) in [5, 5.41) is 3.30. The normalized spacial score (nSPS) is 14.7. The van der Waals surface area contributed by atoms with Gasteiger partial charge < -0.3 is 11.1 Å². The van der Waals surface area contributed by atoms with Gasteiger partial charge in [0.05, 0.1) is 10.6 Å². The number of halogens is 1. The van der Waals surface area contributed by atoms with E-state index in [9.17, 15) is 4.79 Å². The molecule has 5 heteroatoms. The Morgan fingerprint density at radius 1 is 1.53 bits per heavy atom. The number of nitrogen functional groups attached to an aromatic ring is 1. The van der Waals surface area contributed by atoms with E-state index >= 15 is 0 Å². The van der Waals surface area contributed by atoms with Crippen molar-refractivity contribution in [1.29, 1.82) is 0 Å². The molecule has 0 spiro atoms. The van der Waals surface area contributed by atoms with Gasteiger partial charge in [-0.05, 0) is 37.6 Å². The Kier molecular flexibility index (Phi) is 4.66. The average molecular weight is 282 g/mol. The lowest BCUT2D eigenvalue weighted by atomic mass is 10.2. The zero-order chi connectivity index (χ0) is 13.8. The number of nitrogens with zero attached hydrogens (tertiary/aromatic N) is 1. The summed E-state index contributed by atoms with van der Waals surface area (Å²) >= 11 is 6.00. The van der Waals surface area contributed by atoms with Crippen LogP contribution in [0.3, 0.4) is 0 Å². The lowest BCUT2D eigenvalue weighted by Crippen LogP contribution is -2.36. The third-order valence-corrected chi connectivity index (χ3v) is 3.70. The van der Waals surface area contributed by atoms with Crippen molar-refractivity contribution in [1.82, 2.24) is 10.2 Å². The maximum atomic E-state index is 12.0. The molecular formula is C14H20ClN3O. The molecule has 0 saturated heterocycles. The predicted molar refractivity (Wildman–Crippen MR) is 78.5 cm³/mol. The fraction of sp³-hybridized carbons (Fsp3) is 0.500. The highest BCUT2D eigenvalue weighted by Gasteiger charge is 2.27. The zero-order valence-corrected chi connectivity index (χ0v) is 11.9. The van der Waals surface area contributed by atoms with Crippen molar-refractivity contribution in [3.05, 3.63) is 28.8 Å². The summed E-state index contributed by atoms with van der Waals surface area (Å²) in [4.78, 5) is 14.4. The molecule has 0 heterocycles. The topological polar surface area (TPSA) is 58.4 Å². The number of benzene rings is 1. The molecular weight excluding hydrogens is 262 g/mol. The van der Waals surface area contributed by atoms with Gasteiger partial charge in [-0.3, -0.25) is 9.69 Å². The van der Waals surface area contributed by atoms with Gasteiger partial charge in [0.2, 0.25) is 0 Å². The molecule has 0 radical (unpaired) electrons. The highest BCUT2D eigenvalue weighted by atomic mass is 35.5. The van der Waals surface area contributed by atoms with Gasteiger partial charge in [-0.25, -0.2) is 0 Å². The second-order valence-corrected chi connectivity index (χ2v) is 5.26. The molecule has 0 bridgehead atoms. The van der Waals surface area contributed by atoms with Crippen molar-refractivity contribution in [2.45, 2.75) is 25.8 Å². The quantitative estimate of drug-likeness (QED) is 0.786. The Balaban J connectivity index is 1.83. The van der Waals surface area contributed by atoms with Crippen LogP contribution in [0.15, 0.2) is 18.2 Å². The number of hydrogen-bond acceptors (Lipinski definition) is 3. The van der Waals surface area contributed by atoms with Crippen LogP contribution in [0.25, 0.3) is 0 Å². The first-order chi connectivity index (χ1) is 9.11. The summed E-state index contributed by atoms with van der Waals surface area (Å²) < 4.78 is 0. The number of hydrogen-bond donors (Lipinski definition) is 2. The molecule has 1 aliphatic rings. The molecule has 1 aromatic rings. The van der Waals surface area contributed by atoms with Gasteiger partial charge in [-0.1, -0.05) is 18.5 Å². The number of nitrogens with two attached hydrogens (primary N) is 1. The van der Waals surface area contributed by atoms with Crippen molar-refractivity contribution in [2.24, 2.45) is 0 Å². The van der Waals surface area contributed by atoms with Crippen LogP contribution in [0.2, 0.25) is 5.02 Å². The molecule has 0 atom stereocenters. The number of carbonyl (C=O) groups is 1. The van der Waals surface area contributed by atoms with Gasteiger partial charge in [-0.2, -0.15) is 0 Å². The Bertz CT molecular complexity index is 460. The predicted octanol–water partition coefficient (Wildman–Crippen LogP) is 2.14. The van der Waals surface area contributed by atoms with Crippen molar-refractivity contribution in [3.8, 4) is 0 Å². The first kappa shape index (κ1) is 14.2. The standard InChI is InChI=1S/C14H20ClN3O/c1-2-18(11-4-5-11)8-7-17-14(19)12-6-3-10(16)9-13(12)15/h3,6,9,11H,2,4-5,7-8,16H2,1H3,(H,17,19). The number of likely N-dealkylation sites (N-methyl/N-ethyl adjacent to an activating group) is 1. The number of nitrogens with one attached hydrogen (secondary N) is 1.